The first-order valence-electron chi connectivity index (χ1n) is 9.83. The van der Waals surface area contributed by atoms with Gasteiger partial charge in [0.25, 0.3) is 0 Å². The van der Waals surface area contributed by atoms with Crippen LogP contribution in [0.3, 0.4) is 0 Å². The zero-order valence-corrected chi connectivity index (χ0v) is 16.2. The number of rotatable bonds is 3. The second kappa shape index (κ2) is 7.79. The fourth-order valence-corrected chi connectivity index (χ4v) is 3.75. The number of amides is 2. The maximum absolute atomic E-state index is 12.4. The van der Waals surface area contributed by atoms with Crippen LogP contribution in [0.4, 0.5) is 22.0 Å². The predicted molar refractivity (Wildman–Crippen MR) is 118 cm³/mol. The molecule has 7 heteroatoms. The van der Waals surface area contributed by atoms with Crippen LogP contribution in [0.5, 0.6) is 0 Å². The van der Waals surface area contributed by atoms with Crippen LogP contribution in [0, 0.1) is 0 Å². The Balaban J connectivity index is 1.34. The Morgan fingerprint density at radius 2 is 1.77 bits per heavy atom. The second-order valence-electron chi connectivity index (χ2n) is 7.13. The lowest BCUT2D eigenvalue weighted by molar-refractivity contribution is 0.262. The zero-order chi connectivity index (χ0) is 20.3. The standard InChI is InChI=1S/C23H20N6O/c30-23(26-17-6-2-1-3-7-17)27-19-8-4-5-16-15-29(14-11-18(16)19)21-10-9-20-22(28-21)25-13-12-24-20/h1-10,12-13H,11,14-15H2,(H2,26,27,30). The Morgan fingerprint density at radius 3 is 2.67 bits per heavy atom. The number of anilines is 3. The molecule has 0 aliphatic carbocycles. The third-order valence-corrected chi connectivity index (χ3v) is 5.19. The van der Waals surface area contributed by atoms with E-state index in [0.29, 0.717) is 5.65 Å². The number of para-hydroxylation sites is 1. The molecule has 30 heavy (non-hydrogen) atoms. The number of carbonyl (C=O) groups excluding carboxylic acids is 1. The molecule has 0 atom stereocenters. The Labute approximate surface area is 173 Å². The summed E-state index contributed by atoms with van der Waals surface area (Å²) in [5.74, 6) is 0.883. The van der Waals surface area contributed by atoms with Gasteiger partial charge in [-0.1, -0.05) is 30.3 Å². The highest BCUT2D eigenvalue weighted by molar-refractivity contribution is 6.00. The first-order valence-corrected chi connectivity index (χ1v) is 9.83. The minimum absolute atomic E-state index is 0.244. The third kappa shape index (κ3) is 3.65. The van der Waals surface area contributed by atoms with Gasteiger partial charge in [-0.2, -0.15) is 0 Å². The van der Waals surface area contributed by atoms with E-state index in [4.69, 9.17) is 0 Å². The van der Waals surface area contributed by atoms with E-state index in [1.54, 1.807) is 12.4 Å². The van der Waals surface area contributed by atoms with Gasteiger partial charge in [0.2, 0.25) is 0 Å². The fraction of sp³-hybridized carbons (Fsp3) is 0.130. The average Bonchev–Trinajstić information content (AvgIpc) is 2.79. The SMILES string of the molecule is O=C(Nc1ccccc1)Nc1cccc2c1CCN(c1ccc3nccnc3n1)C2. The monoisotopic (exact) mass is 396 g/mol. The quantitative estimate of drug-likeness (QED) is 0.541. The van der Waals surface area contributed by atoms with Gasteiger partial charge >= 0.3 is 6.03 Å². The number of benzene rings is 2. The first kappa shape index (κ1) is 18.1. The van der Waals surface area contributed by atoms with Crippen molar-refractivity contribution >= 4 is 34.4 Å². The van der Waals surface area contributed by atoms with Crippen LogP contribution < -0.4 is 15.5 Å². The normalized spacial score (nSPS) is 13.0. The van der Waals surface area contributed by atoms with Gasteiger partial charge in [-0.15, -0.1) is 0 Å². The van der Waals surface area contributed by atoms with Crippen LogP contribution in [-0.4, -0.2) is 27.5 Å². The van der Waals surface area contributed by atoms with Gasteiger partial charge in [0, 0.05) is 36.9 Å². The number of nitrogens with one attached hydrogen (secondary N) is 2. The summed E-state index contributed by atoms with van der Waals surface area (Å²) in [7, 11) is 0. The van der Waals surface area contributed by atoms with Crippen LogP contribution in [0.2, 0.25) is 0 Å². The summed E-state index contributed by atoms with van der Waals surface area (Å²) in [5.41, 5.74) is 5.38. The van der Waals surface area contributed by atoms with Gasteiger partial charge in [-0.05, 0) is 47.9 Å². The maximum Gasteiger partial charge on any atom is 0.323 e. The minimum Gasteiger partial charge on any atom is -0.352 e. The van der Waals surface area contributed by atoms with Crippen molar-refractivity contribution in [1.82, 2.24) is 15.0 Å². The molecule has 2 aromatic carbocycles. The van der Waals surface area contributed by atoms with Crippen molar-refractivity contribution in [2.45, 2.75) is 13.0 Å². The summed E-state index contributed by atoms with van der Waals surface area (Å²) >= 11 is 0. The van der Waals surface area contributed by atoms with Crippen molar-refractivity contribution < 1.29 is 4.79 Å². The van der Waals surface area contributed by atoms with Gasteiger partial charge < -0.3 is 15.5 Å². The number of fused-ring (bicyclic) bond motifs is 2. The Kier molecular flexibility index (Phi) is 4.69. The van der Waals surface area contributed by atoms with Gasteiger partial charge in [0.1, 0.15) is 11.3 Å². The van der Waals surface area contributed by atoms with Crippen LogP contribution in [0.25, 0.3) is 11.2 Å². The van der Waals surface area contributed by atoms with E-state index < -0.39 is 0 Å². The summed E-state index contributed by atoms with van der Waals surface area (Å²) in [5, 5.41) is 5.86. The molecule has 7 nitrogen and oxygen atoms in total. The lowest BCUT2D eigenvalue weighted by Crippen LogP contribution is -2.32. The van der Waals surface area contributed by atoms with Crippen molar-refractivity contribution in [3.63, 3.8) is 0 Å². The molecule has 1 aliphatic heterocycles. The van der Waals surface area contributed by atoms with E-state index in [1.807, 2.05) is 54.6 Å². The minimum atomic E-state index is -0.244. The number of hydrogen-bond donors (Lipinski definition) is 2. The number of pyridine rings is 1. The molecule has 0 bridgehead atoms. The molecule has 0 saturated heterocycles. The molecule has 0 spiro atoms. The zero-order valence-electron chi connectivity index (χ0n) is 16.2. The van der Waals surface area contributed by atoms with Gasteiger partial charge in [-0.25, -0.2) is 14.8 Å². The van der Waals surface area contributed by atoms with Crippen molar-refractivity contribution in [2.24, 2.45) is 0 Å². The summed E-state index contributed by atoms with van der Waals surface area (Å²) in [4.78, 5) is 27.9. The Bertz CT molecular complexity index is 1210. The van der Waals surface area contributed by atoms with Crippen molar-refractivity contribution in [3.05, 3.63) is 84.2 Å². The van der Waals surface area contributed by atoms with E-state index >= 15 is 0 Å². The smallest absolute Gasteiger partial charge is 0.323 e. The van der Waals surface area contributed by atoms with Crippen molar-refractivity contribution in [3.8, 4) is 0 Å². The molecular formula is C23H20N6O. The third-order valence-electron chi connectivity index (χ3n) is 5.19. The number of carbonyl (C=O) groups is 1. The molecule has 0 fully saturated rings. The van der Waals surface area contributed by atoms with Crippen LogP contribution >= 0.6 is 0 Å². The predicted octanol–water partition coefficient (Wildman–Crippen LogP) is 4.23. The molecule has 1 aliphatic rings. The highest BCUT2D eigenvalue weighted by Gasteiger charge is 2.21. The molecule has 4 aromatic rings. The fourth-order valence-electron chi connectivity index (χ4n) is 3.75. The average molecular weight is 396 g/mol. The topological polar surface area (TPSA) is 83.0 Å². The van der Waals surface area contributed by atoms with E-state index in [1.165, 1.54) is 5.56 Å². The molecular weight excluding hydrogens is 376 g/mol. The molecule has 3 heterocycles. The molecule has 2 amide bonds. The summed E-state index contributed by atoms with van der Waals surface area (Å²) in [6.45, 7) is 1.54. The first-order chi connectivity index (χ1) is 14.8. The molecule has 148 valence electrons. The van der Waals surface area contributed by atoms with Crippen LogP contribution in [0.15, 0.2) is 73.1 Å². The van der Waals surface area contributed by atoms with E-state index in [-0.39, 0.29) is 6.03 Å². The lowest BCUT2D eigenvalue weighted by Gasteiger charge is -2.31. The highest BCUT2D eigenvalue weighted by Crippen LogP contribution is 2.29. The van der Waals surface area contributed by atoms with E-state index in [9.17, 15) is 4.79 Å². The summed E-state index contributed by atoms with van der Waals surface area (Å²) in [6, 6.07) is 19.1. The number of aromatic nitrogens is 3. The largest absolute Gasteiger partial charge is 0.352 e. The molecule has 2 aromatic heterocycles. The lowest BCUT2D eigenvalue weighted by atomic mass is 9.97. The molecule has 0 saturated carbocycles. The molecule has 5 rings (SSSR count). The number of nitrogens with zero attached hydrogens (tertiary/aromatic N) is 4. The van der Waals surface area contributed by atoms with Gasteiger partial charge in [0.15, 0.2) is 5.65 Å². The maximum atomic E-state index is 12.4. The van der Waals surface area contributed by atoms with E-state index in [2.05, 4.69) is 36.6 Å². The Morgan fingerprint density at radius 1 is 0.900 bits per heavy atom. The summed E-state index contributed by atoms with van der Waals surface area (Å²) in [6.07, 6.45) is 4.14. The highest BCUT2D eigenvalue weighted by atomic mass is 16.2. The number of hydrogen-bond acceptors (Lipinski definition) is 5. The van der Waals surface area contributed by atoms with Gasteiger partial charge in [0.05, 0.1) is 0 Å². The van der Waals surface area contributed by atoms with Crippen LogP contribution in [0.1, 0.15) is 11.1 Å². The van der Waals surface area contributed by atoms with E-state index in [0.717, 1.165) is 47.8 Å². The van der Waals surface area contributed by atoms with Gasteiger partial charge in [-0.3, -0.25) is 4.98 Å². The van der Waals surface area contributed by atoms with Crippen molar-refractivity contribution in [2.75, 3.05) is 22.1 Å². The Hall–Kier alpha value is -4.00. The molecule has 2 N–H and O–H groups in total. The summed E-state index contributed by atoms with van der Waals surface area (Å²) < 4.78 is 0. The second-order valence-corrected chi connectivity index (χ2v) is 7.13. The molecule has 0 radical (unpaired) electrons. The van der Waals surface area contributed by atoms with Crippen LogP contribution in [-0.2, 0) is 13.0 Å². The van der Waals surface area contributed by atoms with Crippen molar-refractivity contribution in [1.29, 1.82) is 0 Å². The number of urea groups is 1. The molecule has 0 unspecified atom stereocenters.